The molecule has 0 aromatic carbocycles. The topological polar surface area (TPSA) is 30.5 Å². The summed E-state index contributed by atoms with van der Waals surface area (Å²) in [5.41, 5.74) is 0.465. The highest BCUT2D eigenvalue weighted by molar-refractivity contribution is 4.87. The first kappa shape index (κ1) is 17.9. The predicted octanol–water partition coefficient (Wildman–Crippen LogP) is 3.63. The maximum Gasteiger partial charge on any atom is 0.0587 e. The molecule has 0 unspecified atom stereocenters. The predicted molar refractivity (Wildman–Crippen MR) is 85.2 cm³/mol. The van der Waals surface area contributed by atoms with Crippen LogP contribution in [-0.2, 0) is 9.47 Å². The molecule has 1 fully saturated rings. The van der Waals surface area contributed by atoms with Gasteiger partial charge in [-0.1, -0.05) is 26.2 Å². The normalized spacial score (nSPS) is 26.9. The fourth-order valence-corrected chi connectivity index (χ4v) is 3.43. The molecule has 1 N–H and O–H groups in total. The molecule has 0 saturated heterocycles. The molecular weight excluding hydrogens is 250 g/mol. The highest BCUT2D eigenvalue weighted by Crippen LogP contribution is 2.42. The van der Waals surface area contributed by atoms with Gasteiger partial charge in [-0.05, 0) is 43.4 Å². The van der Waals surface area contributed by atoms with Crippen molar-refractivity contribution in [1.82, 2.24) is 5.32 Å². The molecule has 3 heteroatoms. The van der Waals surface area contributed by atoms with Gasteiger partial charge in [0, 0.05) is 33.9 Å². The highest BCUT2D eigenvalue weighted by atomic mass is 16.5. The van der Waals surface area contributed by atoms with Crippen LogP contribution >= 0.6 is 0 Å². The fraction of sp³-hybridized carbons (Fsp3) is 1.00. The van der Waals surface area contributed by atoms with Crippen molar-refractivity contribution in [3.8, 4) is 0 Å². The molecule has 3 nitrogen and oxygen atoms in total. The molecule has 120 valence electrons. The molecule has 1 saturated carbocycles. The molecule has 0 atom stereocenters. The molecule has 0 amide bonds. The fourth-order valence-electron chi connectivity index (χ4n) is 3.43. The van der Waals surface area contributed by atoms with E-state index in [1.165, 1.54) is 51.4 Å². The quantitative estimate of drug-likeness (QED) is 0.588. The summed E-state index contributed by atoms with van der Waals surface area (Å²) in [6.07, 6.45) is 10.9. The van der Waals surface area contributed by atoms with E-state index in [1.54, 1.807) is 7.11 Å². The van der Waals surface area contributed by atoms with Crippen LogP contribution in [0.25, 0.3) is 0 Å². The van der Waals surface area contributed by atoms with E-state index < -0.39 is 0 Å². The Morgan fingerprint density at radius 2 is 1.80 bits per heavy atom. The van der Waals surface area contributed by atoms with E-state index in [0.717, 1.165) is 32.2 Å². The Morgan fingerprint density at radius 1 is 1.10 bits per heavy atom. The molecule has 0 bridgehead atoms. The number of ether oxygens (including phenoxy) is 2. The second-order valence-corrected chi connectivity index (χ2v) is 6.50. The first-order valence-corrected chi connectivity index (χ1v) is 8.45. The van der Waals surface area contributed by atoms with Crippen molar-refractivity contribution in [1.29, 1.82) is 0 Å². The summed E-state index contributed by atoms with van der Waals surface area (Å²) in [6, 6.07) is 0. The first-order valence-electron chi connectivity index (χ1n) is 8.45. The van der Waals surface area contributed by atoms with E-state index in [9.17, 15) is 0 Å². The van der Waals surface area contributed by atoms with Gasteiger partial charge in [0.25, 0.3) is 0 Å². The summed E-state index contributed by atoms with van der Waals surface area (Å²) in [5.74, 6) is 0.976. The Balaban J connectivity index is 2.36. The number of rotatable bonds is 11. The van der Waals surface area contributed by atoms with Gasteiger partial charge in [0.15, 0.2) is 0 Å². The number of hydrogen-bond donors (Lipinski definition) is 1. The van der Waals surface area contributed by atoms with Gasteiger partial charge in [-0.15, -0.1) is 0 Å². The number of nitrogens with one attached hydrogen (secondary N) is 1. The number of methoxy groups -OCH3 is 2. The van der Waals surface area contributed by atoms with Gasteiger partial charge in [-0.25, -0.2) is 0 Å². The number of hydrogen-bond acceptors (Lipinski definition) is 3. The zero-order valence-corrected chi connectivity index (χ0v) is 13.9. The van der Waals surface area contributed by atoms with Crippen LogP contribution in [0.1, 0.15) is 58.3 Å². The van der Waals surface area contributed by atoms with E-state index in [1.807, 2.05) is 7.11 Å². The summed E-state index contributed by atoms with van der Waals surface area (Å²) in [5, 5.41) is 3.58. The van der Waals surface area contributed by atoms with Crippen molar-refractivity contribution >= 4 is 0 Å². The van der Waals surface area contributed by atoms with Crippen molar-refractivity contribution in [2.24, 2.45) is 11.3 Å². The van der Waals surface area contributed by atoms with Gasteiger partial charge in [0.1, 0.15) is 0 Å². The van der Waals surface area contributed by atoms with Crippen LogP contribution in [0.2, 0.25) is 0 Å². The van der Waals surface area contributed by atoms with Crippen LogP contribution in [0.3, 0.4) is 0 Å². The molecule has 0 radical (unpaired) electrons. The SMILES string of the molecule is CCCCC1CCC(CCOC)(CNCCOC)CC1. The van der Waals surface area contributed by atoms with Crippen LogP contribution in [0, 0.1) is 11.3 Å². The third-order valence-corrected chi connectivity index (χ3v) is 4.95. The summed E-state index contributed by atoms with van der Waals surface area (Å²) in [4.78, 5) is 0. The second kappa shape index (κ2) is 10.6. The summed E-state index contributed by atoms with van der Waals surface area (Å²) < 4.78 is 10.5. The van der Waals surface area contributed by atoms with Crippen molar-refractivity contribution in [3.63, 3.8) is 0 Å². The Kier molecular flexibility index (Phi) is 9.49. The van der Waals surface area contributed by atoms with Gasteiger partial charge in [-0.2, -0.15) is 0 Å². The lowest BCUT2D eigenvalue weighted by atomic mass is 9.67. The van der Waals surface area contributed by atoms with E-state index >= 15 is 0 Å². The van der Waals surface area contributed by atoms with Crippen molar-refractivity contribution in [2.75, 3.05) is 40.5 Å². The van der Waals surface area contributed by atoms with Gasteiger partial charge >= 0.3 is 0 Å². The largest absolute Gasteiger partial charge is 0.385 e. The molecule has 0 heterocycles. The highest BCUT2D eigenvalue weighted by Gasteiger charge is 2.34. The van der Waals surface area contributed by atoms with Gasteiger partial charge in [0.05, 0.1) is 6.61 Å². The standard InChI is InChI=1S/C17H35NO2/c1-4-5-6-16-7-9-17(10-8-16,11-13-19-2)15-18-12-14-20-3/h16,18H,4-15H2,1-3H3. The van der Waals surface area contributed by atoms with Gasteiger partial charge in [0.2, 0.25) is 0 Å². The van der Waals surface area contributed by atoms with Gasteiger partial charge < -0.3 is 14.8 Å². The maximum atomic E-state index is 5.34. The van der Waals surface area contributed by atoms with Crippen LogP contribution in [0.15, 0.2) is 0 Å². The van der Waals surface area contributed by atoms with Crippen molar-refractivity contribution in [3.05, 3.63) is 0 Å². The average molecular weight is 285 g/mol. The van der Waals surface area contributed by atoms with Crippen molar-refractivity contribution in [2.45, 2.75) is 58.3 Å². The third-order valence-electron chi connectivity index (χ3n) is 4.95. The Morgan fingerprint density at radius 3 is 2.40 bits per heavy atom. The molecule has 1 rings (SSSR count). The zero-order chi connectivity index (χ0) is 14.7. The Labute approximate surface area is 125 Å². The lowest BCUT2D eigenvalue weighted by Gasteiger charge is -2.40. The Hall–Kier alpha value is -0.120. The second-order valence-electron chi connectivity index (χ2n) is 6.50. The molecule has 20 heavy (non-hydrogen) atoms. The van der Waals surface area contributed by atoms with Crippen molar-refractivity contribution < 1.29 is 9.47 Å². The van der Waals surface area contributed by atoms with E-state index in [0.29, 0.717) is 5.41 Å². The van der Waals surface area contributed by atoms with E-state index in [-0.39, 0.29) is 0 Å². The van der Waals surface area contributed by atoms with E-state index in [2.05, 4.69) is 12.2 Å². The maximum absolute atomic E-state index is 5.34. The van der Waals surface area contributed by atoms with Crippen LogP contribution in [-0.4, -0.2) is 40.5 Å². The van der Waals surface area contributed by atoms with Crippen LogP contribution < -0.4 is 5.32 Å². The summed E-state index contributed by atoms with van der Waals surface area (Å²) in [7, 11) is 3.58. The zero-order valence-electron chi connectivity index (χ0n) is 13.9. The molecule has 0 spiro atoms. The lowest BCUT2D eigenvalue weighted by molar-refractivity contribution is 0.0801. The van der Waals surface area contributed by atoms with Crippen LogP contribution in [0.4, 0.5) is 0 Å². The van der Waals surface area contributed by atoms with Gasteiger partial charge in [-0.3, -0.25) is 0 Å². The number of unbranched alkanes of at least 4 members (excludes halogenated alkanes) is 1. The minimum atomic E-state index is 0.465. The van der Waals surface area contributed by atoms with E-state index in [4.69, 9.17) is 9.47 Å². The molecule has 0 aromatic heterocycles. The summed E-state index contributed by atoms with van der Waals surface area (Å²) in [6.45, 7) is 6.08. The monoisotopic (exact) mass is 285 g/mol. The smallest absolute Gasteiger partial charge is 0.0587 e. The minimum absolute atomic E-state index is 0.465. The summed E-state index contributed by atoms with van der Waals surface area (Å²) >= 11 is 0. The minimum Gasteiger partial charge on any atom is -0.385 e. The average Bonchev–Trinajstić information content (AvgIpc) is 2.49. The van der Waals surface area contributed by atoms with Crippen LogP contribution in [0.5, 0.6) is 0 Å². The Bertz CT molecular complexity index is 225. The molecule has 1 aliphatic rings. The molecule has 1 aliphatic carbocycles. The lowest BCUT2D eigenvalue weighted by Crippen LogP contribution is -2.39. The molecule has 0 aromatic rings. The first-order chi connectivity index (χ1) is 9.76. The molecule has 0 aliphatic heterocycles. The third kappa shape index (κ3) is 6.55. The molecular formula is C17H35NO2.